The largest absolute Gasteiger partial charge is 0.362 e. The van der Waals surface area contributed by atoms with Crippen molar-refractivity contribution < 1.29 is 4.79 Å². The van der Waals surface area contributed by atoms with Crippen molar-refractivity contribution in [3.8, 4) is 0 Å². The van der Waals surface area contributed by atoms with Gasteiger partial charge in [-0.15, -0.1) is 0 Å². The fraction of sp³-hybridized carbons (Fsp3) is 0.571. The minimum atomic E-state index is -0.0910. The number of hydrogen-bond acceptors (Lipinski definition) is 4. The normalized spacial score (nSPS) is 11.5. The number of hydrogen-bond donors (Lipinski definition) is 1. The van der Waals surface area contributed by atoms with Crippen molar-refractivity contribution in [1.29, 1.82) is 0 Å². The first kappa shape index (κ1) is 15.4. The van der Waals surface area contributed by atoms with E-state index in [9.17, 15) is 4.79 Å². The molecule has 0 bridgehead atoms. The van der Waals surface area contributed by atoms with Crippen molar-refractivity contribution in [2.75, 3.05) is 39.6 Å². The number of nitrogens with one attached hydrogen (secondary N) is 1. The summed E-state index contributed by atoms with van der Waals surface area (Å²) in [6.45, 7) is 4.76. The first-order chi connectivity index (χ1) is 8.75. The van der Waals surface area contributed by atoms with Gasteiger partial charge in [-0.05, 0) is 40.1 Å². The van der Waals surface area contributed by atoms with Crippen LogP contribution in [0.2, 0.25) is 0 Å². The second-order valence-electron chi connectivity index (χ2n) is 5.66. The van der Waals surface area contributed by atoms with Gasteiger partial charge in [-0.25, -0.2) is 4.98 Å². The summed E-state index contributed by atoms with van der Waals surface area (Å²) >= 11 is 0. The molecule has 0 saturated heterocycles. The number of carbonyl (C=O) groups is 1. The Hall–Kier alpha value is -1.62. The van der Waals surface area contributed by atoms with E-state index in [1.807, 2.05) is 33.1 Å². The molecule has 1 aromatic heterocycles. The van der Waals surface area contributed by atoms with Crippen LogP contribution in [0.4, 0.5) is 5.82 Å². The van der Waals surface area contributed by atoms with Gasteiger partial charge in [0.25, 0.3) is 5.91 Å². The highest BCUT2D eigenvalue weighted by Gasteiger charge is 2.22. The summed E-state index contributed by atoms with van der Waals surface area (Å²) in [7, 11) is 7.76. The van der Waals surface area contributed by atoms with E-state index in [1.54, 1.807) is 18.3 Å². The molecule has 0 aliphatic heterocycles. The Balaban J connectivity index is 2.80. The van der Waals surface area contributed by atoms with E-state index in [2.05, 4.69) is 29.0 Å². The summed E-state index contributed by atoms with van der Waals surface area (Å²) in [6.07, 6.45) is 1.69. The molecule has 0 unspecified atom stereocenters. The third-order valence-corrected chi connectivity index (χ3v) is 3.35. The van der Waals surface area contributed by atoms with E-state index < -0.39 is 0 Å². The number of nitrogens with zero attached hydrogens (tertiary/aromatic N) is 3. The predicted octanol–water partition coefficient (Wildman–Crippen LogP) is 1.22. The SMILES string of the molecule is CN(C)c1ncccc1C(=O)NCC(C)(C)N(C)C. The molecule has 1 heterocycles. The molecule has 1 amide bonds. The lowest BCUT2D eigenvalue weighted by Crippen LogP contribution is -2.48. The van der Waals surface area contributed by atoms with Gasteiger partial charge < -0.3 is 15.1 Å². The molecule has 5 nitrogen and oxygen atoms in total. The zero-order chi connectivity index (χ0) is 14.6. The van der Waals surface area contributed by atoms with Crippen molar-refractivity contribution in [2.24, 2.45) is 0 Å². The topological polar surface area (TPSA) is 48.5 Å². The van der Waals surface area contributed by atoms with Crippen molar-refractivity contribution >= 4 is 11.7 Å². The van der Waals surface area contributed by atoms with E-state index in [4.69, 9.17) is 0 Å². The standard InChI is InChI=1S/C14H24N4O/c1-14(2,18(5)6)10-16-13(19)11-8-7-9-15-12(11)17(3)4/h7-9H,10H2,1-6H3,(H,16,19). The highest BCUT2D eigenvalue weighted by atomic mass is 16.1. The maximum Gasteiger partial charge on any atom is 0.255 e. The first-order valence-corrected chi connectivity index (χ1v) is 6.33. The third kappa shape index (κ3) is 3.92. The molecule has 1 N–H and O–H groups in total. The van der Waals surface area contributed by atoms with Crippen LogP contribution < -0.4 is 10.2 Å². The average Bonchev–Trinajstić information content (AvgIpc) is 2.35. The van der Waals surface area contributed by atoms with Crippen LogP contribution in [-0.4, -0.2) is 56.1 Å². The Morgan fingerprint density at radius 1 is 1.32 bits per heavy atom. The number of anilines is 1. The maximum atomic E-state index is 12.2. The fourth-order valence-corrected chi connectivity index (χ4v) is 1.48. The first-order valence-electron chi connectivity index (χ1n) is 6.33. The Kier molecular flexibility index (Phi) is 4.89. The molecule has 5 heteroatoms. The van der Waals surface area contributed by atoms with Gasteiger partial charge in [0.15, 0.2) is 0 Å². The molecule has 0 spiro atoms. The van der Waals surface area contributed by atoms with Crippen LogP contribution in [0.3, 0.4) is 0 Å². The zero-order valence-electron chi connectivity index (χ0n) is 12.7. The van der Waals surface area contributed by atoms with E-state index in [0.717, 1.165) is 0 Å². The quantitative estimate of drug-likeness (QED) is 0.868. The highest BCUT2D eigenvalue weighted by molar-refractivity contribution is 5.98. The molecule has 0 fully saturated rings. The molecule has 0 saturated carbocycles. The smallest absolute Gasteiger partial charge is 0.255 e. The molecule has 0 aliphatic carbocycles. The zero-order valence-corrected chi connectivity index (χ0v) is 12.7. The van der Waals surface area contributed by atoms with Gasteiger partial charge in [-0.1, -0.05) is 0 Å². The molecule has 1 rings (SSSR count). The van der Waals surface area contributed by atoms with E-state index >= 15 is 0 Å². The van der Waals surface area contributed by atoms with Crippen LogP contribution in [0.25, 0.3) is 0 Å². The van der Waals surface area contributed by atoms with Gasteiger partial charge in [0.1, 0.15) is 5.82 Å². The average molecular weight is 264 g/mol. The van der Waals surface area contributed by atoms with Gasteiger partial charge >= 0.3 is 0 Å². The van der Waals surface area contributed by atoms with Crippen LogP contribution in [0.1, 0.15) is 24.2 Å². The lowest BCUT2D eigenvalue weighted by molar-refractivity contribution is 0.0920. The molecule has 0 radical (unpaired) electrons. The van der Waals surface area contributed by atoms with Crippen molar-refractivity contribution in [3.63, 3.8) is 0 Å². The molecule has 0 aliphatic rings. The summed E-state index contributed by atoms with van der Waals surface area (Å²) in [6, 6.07) is 3.57. The van der Waals surface area contributed by atoms with Gasteiger partial charge in [0, 0.05) is 32.4 Å². The molecule has 19 heavy (non-hydrogen) atoms. The number of rotatable bonds is 5. The van der Waals surface area contributed by atoms with Crippen molar-refractivity contribution in [2.45, 2.75) is 19.4 Å². The number of aromatic nitrogens is 1. The number of pyridine rings is 1. The van der Waals surface area contributed by atoms with Crippen molar-refractivity contribution in [3.05, 3.63) is 23.9 Å². The van der Waals surface area contributed by atoms with Crippen LogP contribution in [0.15, 0.2) is 18.3 Å². The number of carbonyl (C=O) groups excluding carboxylic acids is 1. The maximum absolute atomic E-state index is 12.2. The molecule has 106 valence electrons. The minimum absolute atomic E-state index is 0.0872. The van der Waals surface area contributed by atoms with Gasteiger partial charge in [0.05, 0.1) is 5.56 Å². The van der Waals surface area contributed by atoms with E-state index in [-0.39, 0.29) is 11.4 Å². The summed E-state index contributed by atoms with van der Waals surface area (Å²) in [5.74, 6) is 0.592. The Labute approximate surface area is 115 Å². The van der Waals surface area contributed by atoms with Crippen LogP contribution in [-0.2, 0) is 0 Å². The molecule has 1 aromatic rings. The van der Waals surface area contributed by atoms with Crippen LogP contribution >= 0.6 is 0 Å². The van der Waals surface area contributed by atoms with Crippen LogP contribution in [0, 0.1) is 0 Å². The van der Waals surface area contributed by atoms with Gasteiger partial charge in [-0.3, -0.25) is 4.79 Å². The molecular formula is C14H24N4O. The number of likely N-dealkylation sites (N-methyl/N-ethyl adjacent to an activating group) is 1. The monoisotopic (exact) mass is 264 g/mol. The molecular weight excluding hydrogens is 240 g/mol. The fourth-order valence-electron chi connectivity index (χ4n) is 1.48. The summed E-state index contributed by atoms with van der Waals surface area (Å²) in [5.41, 5.74) is 0.512. The second kappa shape index (κ2) is 6.02. The minimum Gasteiger partial charge on any atom is -0.362 e. The Morgan fingerprint density at radius 3 is 2.47 bits per heavy atom. The highest BCUT2D eigenvalue weighted by Crippen LogP contribution is 2.15. The second-order valence-corrected chi connectivity index (χ2v) is 5.66. The lowest BCUT2D eigenvalue weighted by atomic mass is 10.0. The van der Waals surface area contributed by atoms with Crippen molar-refractivity contribution in [1.82, 2.24) is 15.2 Å². The summed E-state index contributed by atoms with van der Waals surface area (Å²) in [4.78, 5) is 20.4. The predicted molar refractivity (Wildman–Crippen MR) is 78.7 cm³/mol. The molecule has 0 aromatic carbocycles. The third-order valence-electron chi connectivity index (χ3n) is 3.35. The van der Waals surface area contributed by atoms with Gasteiger partial charge in [0.2, 0.25) is 0 Å². The number of amides is 1. The van der Waals surface area contributed by atoms with E-state index in [1.165, 1.54) is 0 Å². The Bertz CT molecular complexity index is 441. The van der Waals surface area contributed by atoms with E-state index in [0.29, 0.717) is 17.9 Å². The lowest BCUT2D eigenvalue weighted by Gasteiger charge is -2.32. The Morgan fingerprint density at radius 2 is 1.95 bits per heavy atom. The summed E-state index contributed by atoms with van der Waals surface area (Å²) in [5, 5.41) is 2.97. The van der Waals surface area contributed by atoms with Crippen LogP contribution in [0.5, 0.6) is 0 Å². The van der Waals surface area contributed by atoms with Gasteiger partial charge in [-0.2, -0.15) is 0 Å². The summed E-state index contributed by atoms with van der Waals surface area (Å²) < 4.78 is 0. The molecule has 0 atom stereocenters.